The molecule has 9 heavy (non-hydrogen) atoms. The van der Waals surface area contributed by atoms with Gasteiger partial charge in [0, 0.05) is 4.88 Å². The third-order valence-electron chi connectivity index (χ3n) is 0.809. The molecule has 1 heterocycles. The largest absolute Gasteiger partial charge is 0.131 e. The molecule has 0 aliphatic rings. The lowest BCUT2D eigenvalue weighted by atomic mass is 10.5. The first-order valence-electron chi connectivity index (χ1n) is 2.23. The van der Waals surface area contributed by atoms with Gasteiger partial charge < -0.3 is 0 Å². The molecule has 0 nitrogen and oxygen atoms in total. The van der Waals surface area contributed by atoms with Crippen LogP contribution in [-0.2, 0) is 0 Å². The van der Waals surface area contributed by atoms with Gasteiger partial charge in [0.15, 0.2) is 0 Å². The molecule has 0 radical (unpaired) electrons. The van der Waals surface area contributed by atoms with Crippen molar-refractivity contribution in [1.82, 2.24) is 0 Å². The molecule has 1 aromatic rings. The summed E-state index contributed by atoms with van der Waals surface area (Å²) in [6.45, 7) is 0. The Bertz CT molecular complexity index is 194. The van der Waals surface area contributed by atoms with Crippen LogP contribution in [0.1, 0.15) is 8.61 Å². The SMILES string of the molecule is Brc1ccc(C(Br)Br)s1. The van der Waals surface area contributed by atoms with Gasteiger partial charge in [0.25, 0.3) is 0 Å². The summed E-state index contributed by atoms with van der Waals surface area (Å²) >= 11 is 11.9. The second-order valence-corrected chi connectivity index (χ2v) is 7.00. The normalized spacial score (nSPS) is 10.7. The molecule has 0 saturated heterocycles. The van der Waals surface area contributed by atoms with Gasteiger partial charge >= 0.3 is 0 Å². The summed E-state index contributed by atoms with van der Waals surface area (Å²) in [5.41, 5.74) is 0. The lowest BCUT2D eigenvalue weighted by Gasteiger charge is -1.91. The van der Waals surface area contributed by atoms with Crippen LogP contribution < -0.4 is 0 Å². The Morgan fingerprint density at radius 1 is 1.33 bits per heavy atom. The van der Waals surface area contributed by atoms with E-state index in [-0.39, 0.29) is 0 Å². The van der Waals surface area contributed by atoms with Crippen LogP contribution in [0.25, 0.3) is 0 Å². The zero-order valence-corrected chi connectivity index (χ0v) is 9.85. The van der Waals surface area contributed by atoms with Crippen molar-refractivity contribution in [2.75, 3.05) is 0 Å². The van der Waals surface area contributed by atoms with E-state index in [1.165, 1.54) is 8.66 Å². The Kier molecular flexibility index (Phi) is 3.21. The molecule has 0 saturated carbocycles. The van der Waals surface area contributed by atoms with Gasteiger partial charge in [-0.15, -0.1) is 11.3 Å². The highest BCUT2D eigenvalue weighted by molar-refractivity contribution is 9.24. The van der Waals surface area contributed by atoms with E-state index in [0.717, 1.165) is 0 Å². The van der Waals surface area contributed by atoms with E-state index in [9.17, 15) is 0 Å². The van der Waals surface area contributed by atoms with Crippen LogP contribution in [0.4, 0.5) is 0 Å². The Hall–Kier alpha value is 1.14. The first-order valence-corrected chi connectivity index (χ1v) is 5.67. The summed E-state index contributed by atoms with van der Waals surface area (Å²) in [6, 6.07) is 4.11. The van der Waals surface area contributed by atoms with Crippen molar-refractivity contribution in [3.63, 3.8) is 0 Å². The summed E-state index contributed by atoms with van der Waals surface area (Å²) in [7, 11) is 0. The maximum atomic E-state index is 3.40. The monoisotopic (exact) mass is 332 g/mol. The van der Waals surface area contributed by atoms with Gasteiger partial charge in [-0.1, -0.05) is 31.9 Å². The van der Waals surface area contributed by atoms with Crippen molar-refractivity contribution in [1.29, 1.82) is 0 Å². The topological polar surface area (TPSA) is 0 Å². The quantitative estimate of drug-likeness (QED) is 0.672. The number of rotatable bonds is 1. The number of hydrogen-bond donors (Lipinski definition) is 0. The Morgan fingerprint density at radius 3 is 2.22 bits per heavy atom. The first kappa shape index (κ1) is 8.24. The van der Waals surface area contributed by atoms with Crippen molar-refractivity contribution in [3.05, 3.63) is 20.8 Å². The Balaban J connectivity index is 2.85. The van der Waals surface area contributed by atoms with Crippen LogP contribution in [0.2, 0.25) is 0 Å². The van der Waals surface area contributed by atoms with Crippen LogP contribution in [0, 0.1) is 0 Å². The van der Waals surface area contributed by atoms with Gasteiger partial charge in [-0.2, -0.15) is 0 Å². The summed E-state index contributed by atoms with van der Waals surface area (Å²) in [6.07, 6.45) is 0. The van der Waals surface area contributed by atoms with Gasteiger partial charge in [-0.05, 0) is 28.1 Å². The van der Waals surface area contributed by atoms with E-state index in [4.69, 9.17) is 0 Å². The average Bonchev–Trinajstić information content (AvgIpc) is 2.14. The fraction of sp³-hybridized carbons (Fsp3) is 0.200. The molecule has 0 amide bonds. The summed E-state index contributed by atoms with van der Waals surface area (Å²) in [5, 5.41) is 0. The number of halogens is 3. The van der Waals surface area contributed by atoms with E-state index in [1.54, 1.807) is 11.3 Å². The van der Waals surface area contributed by atoms with Gasteiger partial charge in [-0.3, -0.25) is 0 Å². The van der Waals surface area contributed by atoms with Crippen LogP contribution >= 0.6 is 59.1 Å². The molecule has 4 heteroatoms. The van der Waals surface area contributed by atoms with E-state index < -0.39 is 0 Å². The molecule has 0 spiro atoms. The van der Waals surface area contributed by atoms with Crippen molar-refractivity contribution in [2.24, 2.45) is 0 Å². The maximum Gasteiger partial charge on any atom is 0.104 e. The summed E-state index contributed by atoms with van der Waals surface area (Å²) < 4.78 is 1.46. The van der Waals surface area contributed by atoms with E-state index in [0.29, 0.717) is 3.74 Å². The third-order valence-corrected chi connectivity index (χ3v) is 4.09. The smallest absolute Gasteiger partial charge is 0.104 e. The second-order valence-electron chi connectivity index (χ2n) is 1.44. The highest BCUT2D eigenvalue weighted by atomic mass is 79.9. The standard InChI is InChI=1S/C5H3Br3S/c6-4-2-1-3(9-4)5(7)8/h1-2,5H. The van der Waals surface area contributed by atoms with Crippen LogP contribution in [-0.4, -0.2) is 0 Å². The average molecular weight is 335 g/mol. The first-order chi connectivity index (χ1) is 4.20. The molecule has 0 unspecified atom stereocenters. The zero-order chi connectivity index (χ0) is 6.85. The van der Waals surface area contributed by atoms with Crippen LogP contribution in [0.5, 0.6) is 0 Å². The minimum absolute atomic E-state index is 0.293. The Labute approximate surface area is 83.0 Å². The van der Waals surface area contributed by atoms with Crippen molar-refractivity contribution >= 4 is 59.1 Å². The molecule has 0 N–H and O–H groups in total. The molecule has 1 rings (SSSR count). The minimum Gasteiger partial charge on any atom is -0.131 e. The lowest BCUT2D eigenvalue weighted by molar-refractivity contribution is 1.56. The molecule has 0 bridgehead atoms. The highest BCUT2D eigenvalue weighted by Crippen LogP contribution is 2.35. The maximum absolute atomic E-state index is 3.40. The molecular formula is C5H3Br3S. The molecule has 0 aliphatic carbocycles. The molecule has 50 valence electrons. The summed E-state index contributed by atoms with van der Waals surface area (Å²) in [4.78, 5) is 1.28. The fourth-order valence-corrected chi connectivity index (χ4v) is 2.59. The van der Waals surface area contributed by atoms with Crippen molar-refractivity contribution < 1.29 is 0 Å². The number of hydrogen-bond acceptors (Lipinski definition) is 1. The van der Waals surface area contributed by atoms with Gasteiger partial charge in [0.2, 0.25) is 0 Å². The van der Waals surface area contributed by atoms with Crippen molar-refractivity contribution in [3.8, 4) is 0 Å². The van der Waals surface area contributed by atoms with Gasteiger partial charge in [0.1, 0.15) is 3.74 Å². The van der Waals surface area contributed by atoms with Gasteiger partial charge in [-0.25, -0.2) is 0 Å². The molecule has 0 fully saturated rings. The summed E-state index contributed by atoms with van der Waals surface area (Å²) in [5.74, 6) is 0. The highest BCUT2D eigenvalue weighted by Gasteiger charge is 2.03. The number of alkyl halides is 2. The zero-order valence-electron chi connectivity index (χ0n) is 4.27. The van der Waals surface area contributed by atoms with Crippen LogP contribution in [0.3, 0.4) is 0 Å². The second kappa shape index (κ2) is 3.51. The van der Waals surface area contributed by atoms with E-state index >= 15 is 0 Å². The predicted molar refractivity (Wildman–Crippen MR) is 52.6 cm³/mol. The van der Waals surface area contributed by atoms with Gasteiger partial charge in [0.05, 0.1) is 3.79 Å². The Morgan fingerprint density at radius 2 is 2.00 bits per heavy atom. The lowest BCUT2D eigenvalue weighted by Crippen LogP contribution is -1.65. The molecular weight excluding hydrogens is 332 g/mol. The predicted octanol–water partition coefficient (Wildman–Crippen LogP) is 4.30. The van der Waals surface area contributed by atoms with Crippen LogP contribution in [0.15, 0.2) is 15.9 Å². The third kappa shape index (κ3) is 2.33. The molecule has 0 atom stereocenters. The minimum atomic E-state index is 0.293. The molecule has 0 aromatic carbocycles. The van der Waals surface area contributed by atoms with Crippen molar-refractivity contribution in [2.45, 2.75) is 3.74 Å². The number of thiophene rings is 1. The van der Waals surface area contributed by atoms with E-state index in [1.807, 2.05) is 6.07 Å². The molecule has 1 aromatic heterocycles. The van der Waals surface area contributed by atoms with E-state index in [2.05, 4.69) is 53.9 Å². The molecule has 0 aliphatic heterocycles. The fourth-order valence-electron chi connectivity index (χ4n) is 0.446.